The minimum atomic E-state index is -3.76. The molecule has 0 aromatic heterocycles. The summed E-state index contributed by atoms with van der Waals surface area (Å²) in [6.07, 6.45) is 0. The zero-order valence-corrected chi connectivity index (χ0v) is 14.1. The highest BCUT2D eigenvalue weighted by molar-refractivity contribution is 7.89. The average molecular weight is 333 g/mol. The Hall–Kier alpha value is -1.96. The highest BCUT2D eigenvalue weighted by atomic mass is 32.2. The number of carbonyl (C=O) groups is 1. The minimum absolute atomic E-state index is 0.129. The molecular weight excluding hydrogens is 314 g/mol. The van der Waals surface area contributed by atoms with Crippen LogP contribution < -0.4 is 15.4 Å². The fourth-order valence-corrected chi connectivity index (χ4v) is 4.43. The number of amides is 1. The van der Waals surface area contributed by atoms with E-state index in [1.54, 1.807) is 45.2 Å². The van der Waals surface area contributed by atoms with E-state index in [1.807, 2.05) is 0 Å². The van der Waals surface area contributed by atoms with Crippen molar-refractivity contribution in [2.75, 3.05) is 18.5 Å². The first kappa shape index (κ1) is 15.9. The number of benzene rings is 2. The third-order valence-corrected chi connectivity index (χ3v) is 5.84. The van der Waals surface area contributed by atoms with Crippen LogP contribution in [0, 0.1) is 0 Å². The van der Waals surface area contributed by atoms with E-state index in [2.05, 4.69) is 4.72 Å². The van der Waals surface area contributed by atoms with Gasteiger partial charge in [0, 0.05) is 35.5 Å². The maximum atomic E-state index is 12.8. The van der Waals surface area contributed by atoms with Crippen molar-refractivity contribution in [1.82, 2.24) is 4.72 Å². The van der Waals surface area contributed by atoms with Crippen molar-refractivity contribution >= 4 is 32.4 Å². The van der Waals surface area contributed by atoms with E-state index in [-0.39, 0.29) is 17.3 Å². The Morgan fingerprint density at radius 1 is 1.22 bits per heavy atom. The SMILES string of the molecule is CN1C(=O)c2cccc3c(S(=O)(=O)NC(C)(C)CN)ccc1c23. The molecule has 23 heavy (non-hydrogen) atoms. The van der Waals surface area contributed by atoms with E-state index in [0.29, 0.717) is 16.3 Å². The lowest BCUT2D eigenvalue weighted by Crippen LogP contribution is -2.48. The molecule has 1 heterocycles. The average Bonchev–Trinajstić information content (AvgIpc) is 2.73. The number of anilines is 1. The van der Waals surface area contributed by atoms with Gasteiger partial charge in [0.25, 0.3) is 5.91 Å². The van der Waals surface area contributed by atoms with Gasteiger partial charge >= 0.3 is 0 Å². The number of rotatable bonds is 4. The lowest BCUT2D eigenvalue weighted by atomic mass is 10.1. The highest BCUT2D eigenvalue weighted by Crippen LogP contribution is 2.39. The number of hydrogen-bond donors (Lipinski definition) is 2. The molecule has 0 atom stereocenters. The summed E-state index contributed by atoms with van der Waals surface area (Å²) in [5.41, 5.74) is 6.11. The van der Waals surface area contributed by atoms with Gasteiger partial charge in [-0.15, -0.1) is 0 Å². The first-order chi connectivity index (χ1) is 10.7. The predicted octanol–water partition coefficient (Wildman–Crippen LogP) is 1.45. The van der Waals surface area contributed by atoms with E-state index < -0.39 is 15.6 Å². The molecule has 0 radical (unpaired) electrons. The van der Waals surface area contributed by atoms with Crippen LogP contribution in [0.4, 0.5) is 5.69 Å². The fraction of sp³-hybridized carbons (Fsp3) is 0.312. The third-order valence-electron chi connectivity index (χ3n) is 4.09. The van der Waals surface area contributed by atoms with Crippen molar-refractivity contribution in [3.05, 3.63) is 35.9 Å². The van der Waals surface area contributed by atoms with Crippen LogP contribution in [0.1, 0.15) is 24.2 Å². The van der Waals surface area contributed by atoms with Crippen molar-refractivity contribution in [2.45, 2.75) is 24.3 Å². The summed E-state index contributed by atoms with van der Waals surface area (Å²) in [5.74, 6) is -0.129. The minimum Gasteiger partial charge on any atom is -0.329 e. The van der Waals surface area contributed by atoms with Gasteiger partial charge < -0.3 is 10.6 Å². The molecule has 1 amide bonds. The van der Waals surface area contributed by atoms with E-state index in [4.69, 9.17) is 5.73 Å². The van der Waals surface area contributed by atoms with Crippen molar-refractivity contribution in [3.8, 4) is 0 Å². The molecular formula is C16H19N3O3S. The number of sulfonamides is 1. The number of hydrogen-bond acceptors (Lipinski definition) is 4. The largest absolute Gasteiger partial charge is 0.329 e. The summed E-state index contributed by atoms with van der Waals surface area (Å²) in [5, 5.41) is 1.21. The summed E-state index contributed by atoms with van der Waals surface area (Å²) in [6.45, 7) is 3.62. The van der Waals surface area contributed by atoms with Crippen LogP contribution in [-0.4, -0.2) is 33.5 Å². The quantitative estimate of drug-likeness (QED) is 0.885. The summed E-state index contributed by atoms with van der Waals surface area (Å²) < 4.78 is 28.1. The Bertz CT molecular complexity index is 920. The zero-order chi connectivity index (χ0) is 17.0. The van der Waals surface area contributed by atoms with Crippen LogP contribution in [0.2, 0.25) is 0 Å². The zero-order valence-electron chi connectivity index (χ0n) is 13.3. The summed E-state index contributed by atoms with van der Waals surface area (Å²) in [4.78, 5) is 13.9. The molecule has 7 heteroatoms. The van der Waals surface area contributed by atoms with Gasteiger partial charge in [0.15, 0.2) is 0 Å². The molecule has 0 spiro atoms. The predicted molar refractivity (Wildman–Crippen MR) is 90.1 cm³/mol. The van der Waals surface area contributed by atoms with Gasteiger partial charge in [-0.2, -0.15) is 0 Å². The number of nitrogens with one attached hydrogen (secondary N) is 1. The summed E-state index contributed by atoms with van der Waals surface area (Å²) in [6, 6.07) is 8.34. The van der Waals surface area contributed by atoms with Gasteiger partial charge in [-0.25, -0.2) is 13.1 Å². The van der Waals surface area contributed by atoms with Gasteiger partial charge in [0.05, 0.1) is 10.6 Å². The highest BCUT2D eigenvalue weighted by Gasteiger charge is 2.31. The smallest absolute Gasteiger partial charge is 0.258 e. The van der Waals surface area contributed by atoms with Crippen LogP contribution in [0.5, 0.6) is 0 Å². The second-order valence-electron chi connectivity index (χ2n) is 6.37. The second kappa shape index (κ2) is 5.02. The molecule has 0 aliphatic carbocycles. The molecule has 1 aliphatic heterocycles. The maximum absolute atomic E-state index is 12.8. The number of carbonyl (C=O) groups excluding carboxylic acids is 1. The Morgan fingerprint density at radius 2 is 1.91 bits per heavy atom. The molecule has 0 unspecified atom stereocenters. The fourth-order valence-electron chi connectivity index (χ4n) is 2.80. The lowest BCUT2D eigenvalue weighted by Gasteiger charge is -2.24. The normalized spacial score (nSPS) is 14.8. The van der Waals surface area contributed by atoms with Gasteiger partial charge in [0.1, 0.15) is 0 Å². The monoisotopic (exact) mass is 333 g/mol. The van der Waals surface area contributed by atoms with Crippen LogP contribution >= 0.6 is 0 Å². The molecule has 3 rings (SSSR count). The molecule has 122 valence electrons. The summed E-state index contributed by atoms with van der Waals surface area (Å²) in [7, 11) is -2.08. The molecule has 2 aromatic carbocycles. The van der Waals surface area contributed by atoms with Crippen molar-refractivity contribution < 1.29 is 13.2 Å². The molecule has 3 N–H and O–H groups in total. The van der Waals surface area contributed by atoms with Crippen LogP contribution in [0.3, 0.4) is 0 Å². The Balaban J connectivity index is 2.25. The Labute approximate surface area is 135 Å². The standard InChI is InChI=1S/C16H19N3O3S/c1-16(2,9-17)18-23(21,22)13-8-7-12-14-10(13)5-4-6-11(14)15(20)19(12)3/h4-8,18H,9,17H2,1-3H3. The van der Waals surface area contributed by atoms with Gasteiger partial charge in [-0.1, -0.05) is 12.1 Å². The topological polar surface area (TPSA) is 92.5 Å². The molecule has 2 aromatic rings. The van der Waals surface area contributed by atoms with Crippen LogP contribution in [0.15, 0.2) is 35.2 Å². The molecule has 0 fully saturated rings. The van der Waals surface area contributed by atoms with Crippen molar-refractivity contribution in [3.63, 3.8) is 0 Å². The molecule has 1 aliphatic rings. The van der Waals surface area contributed by atoms with E-state index in [1.165, 1.54) is 11.0 Å². The van der Waals surface area contributed by atoms with Gasteiger partial charge in [-0.3, -0.25) is 4.79 Å². The number of nitrogens with zero attached hydrogens (tertiary/aromatic N) is 1. The Morgan fingerprint density at radius 3 is 2.57 bits per heavy atom. The Kier molecular flexibility index (Phi) is 3.47. The van der Waals surface area contributed by atoms with Crippen molar-refractivity contribution in [2.24, 2.45) is 5.73 Å². The first-order valence-corrected chi connectivity index (χ1v) is 8.74. The second-order valence-corrected chi connectivity index (χ2v) is 8.02. The summed E-state index contributed by atoms with van der Waals surface area (Å²) >= 11 is 0. The van der Waals surface area contributed by atoms with E-state index in [9.17, 15) is 13.2 Å². The van der Waals surface area contributed by atoms with E-state index >= 15 is 0 Å². The molecule has 0 bridgehead atoms. The van der Waals surface area contributed by atoms with Gasteiger partial charge in [0.2, 0.25) is 10.0 Å². The molecule has 0 saturated carbocycles. The van der Waals surface area contributed by atoms with E-state index in [0.717, 1.165) is 5.69 Å². The number of nitrogens with two attached hydrogens (primary N) is 1. The third kappa shape index (κ3) is 2.41. The maximum Gasteiger partial charge on any atom is 0.258 e. The lowest BCUT2D eigenvalue weighted by molar-refractivity contribution is 0.0999. The molecule has 6 nitrogen and oxygen atoms in total. The van der Waals surface area contributed by atoms with Gasteiger partial charge in [-0.05, 0) is 32.0 Å². The first-order valence-electron chi connectivity index (χ1n) is 7.26. The van der Waals surface area contributed by atoms with Crippen LogP contribution in [0.25, 0.3) is 10.8 Å². The van der Waals surface area contributed by atoms with Crippen LogP contribution in [-0.2, 0) is 10.0 Å². The molecule has 0 saturated heterocycles. The van der Waals surface area contributed by atoms with Crippen molar-refractivity contribution in [1.29, 1.82) is 0 Å².